The number of hydrogen-bond acceptors (Lipinski definition) is 3. The lowest BCUT2D eigenvalue weighted by Crippen LogP contribution is -2.50. The van der Waals surface area contributed by atoms with Crippen molar-refractivity contribution in [2.24, 2.45) is 22.3 Å². The average Bonchev–Trinajstić information content (AvgIpc) is 2.52. The first kappa shape index (κ1) is 21.2. The van der Waals surface area contributed by atoms with Crippen LogP contribution in [0.1, 0.15) is 78.6 Å². The van der Waals surface area contributed by atoms with E-state index in [0.717, 1.165) is 32.4 Å². The lowest BCUT2D eigenvalue weighted by atomic mass is 9.60. The van der Waals surface area contributed by atoms with E-state index in [1.54, 1.807) is 0 Å². The Bertz CT molecular complexity index is 402. The Morgan fingerprint density at radius 2 is 1.79 bits per heavy atom. The SMILES string of the molecule is CCCCCCC/C=C\C(C)(CCCCN)C(C)(CN)C1=CCN1. The van der Waals surface area contributed by atoms with E-state index in [-0.39, 0.29) is 10.8 Å². The predicted octanol–water partition coefficient (Wildman–Crippen LogP) is 4.49. The minimum absolute atomic E-state index is 0.0153. The second-order valence-corrected chi connectivity index (χ2v) is 7.80. The van der Waals surface area contributed by atoms with Crippen molar-refractivity contribution in [3.05, 3.63) is 23.9 Å². The van der Waals surface area contributed by atoms with Gasteiger partial charge < -0.3 is 16.8 Å². The van der Waals surface area contributed by atoms with Crippen molar-refractivity contribution in [3.8, 4) is 0 Å². The van der Waals surface area contributed by atoms with Crippen molar-refractivity contribution < 1.29 is 0 Å². The third kappa shape index (κ3) is 5.63. The highest BCUT2D eigenvalue weighted by Crippen LogP contribution is 2.49. The van der Waals surface area contributed by atoms with E-state index in [9.17, 15) is 0 Å². The molecule has 0 aromatic carbocycles. The molecule has 0 spiro atoms. The van der Waals surface area contributed by atoms with E-state index >= 15 is 0 Å². The van der Waals surface area contributed by atoms with Crippen LogP contribution in [-0.2, 0) is 0 Å². The molecular formula is C21H41N3. The first-order chi connectivity index (χ1) is 11.5. The van der Waals surface area contributed by atoms with Crippen LogP contribution < -0.4 is 16.8 Å². The minimum atomic E-state index is -0.0153. The molecule has 0 radical (unpaired) electrons. The van der Waals surface area contributed by atoms with Gasteiger partial charge in [0.1, 0.15) is 0 Å². The fourth-order valence-electron chi connectivity index (χ4n) is 3.66. The van der Waals surface area contributed by atoms with Crippen LogP contribution in [-0.4, -0.2) is 19.6 Å². The summed E-state index contributed by atoms with van der Waals surface area (Å²) in [6.07, 6.45) is 18.4. The highest BCUT2D eigenvalue weighted by molar-refractivity contribution is 5.27. The summed E-state index contributed by atoms with van der Waals surface area (Å²) in [6.45, 7) is 9.39. The normalized spacial score (nSPS) is 19.3. The smallest absolute Gasteiger partial charge is 0.0347 e. The summed E-state index contributed by atoms with van der Waals surface area (Å²) in [5.41, 5.74) is 13.4. The maximum Gasteiger partial charge on any atom is 0.0347 e. The fraction of sp³-hybridized carbons (Fsp3) is 0.810. The van der Waals surface area contributed by atoms with Gasteiger partial charge in [0.15, 0.2) is 0 Å². The molecule has 0 aromatic heterocycles. The van der Waals surface area contributed by atoms with Gasteiger partial charge in [0.05, 0.1) is 0 Å². The molecule has 1 aliphatic rings. The Hall–Kier alpha value is -0.800. The van der Waals surface area contributed by atoms with Crippen molar-refractivity contribution in [3.63, 3.8) is 0 Å². The van der Waals surface area contributed by atoms with E-state index < -0.39 is 0 Å². The molecule has 1 aliphatic heterocycles. The average molecular weight is 336 g/mol. The Kier molecular flexibility index (Phi) is 9.68. The molecular weight excluding hydrogens is 294 g/mol. The van der Waals surface area contributed by atoms with Gasteiger partial charge in [0.2, 0.25) is 0 Å². The second kappa shape index (κ2) is 10.9. The molecule has 5 N–H and O–H groups in total. The summed E-state index contributed by atoms with van der Waals surface area (Å²) >= 11 is 0. The third-order valence-corrected chi connectivity index (χ3v) is 5.97. The molecule has 0 saturated carbocycles. The largest absolute Gasteiger partial charge is 0.384 e. The molecule has 0 bridgehead atoms. The van der Waals surface area contributed by atoms with Crippen molar-refractivity contribution in [1.29, 1.82) is 0 Å². The molecule has 3 heteroatoms. The van der Waals surface area contributed by atoms with Crippen LogP contribution >= 0.6 is 0 Å². The second-order valence-electron chi connectivity index (χ2n) is 7.80. The Morgan fingerprint density at radius 3 is 2.33 bits per heavy atom. The molecule has 2 unspecified atom stereocenters. The van der Waals surface area contributed by atoms with E-state index in [0.29, 0.717) is 6.54 Å². The highest BCUT2D eigenvalue weighted by atomic mass is 15.0. The summed E-state index contributed by atoms with van der Waals surface area (Å²) in [5, 5.41) is 3.48. The molecule has 140 valence electrons. The lowest BCUT2D eigenvalue weighted by molar-refractivity contribution is 0.143. The predicted molar refractivity (Wildman–Crippen MR) is 107 cm³/mol. The van der Waals surface area contributed by atoms with E-state index in [1.807, 2.05) is 0 Å². The van der Waals surface area contributed by atoms with Gasteiger partial charge in [0.25, 0.3) is 0 Å². The number of allylic oxidation sites excluding steroid dienone is 2. The number of nitrogens with two attached hydrogens (primary N) is 2. The third-order valence-electron chi connectivity index (χ3n) is 5.97. The van der Waals surface area contributed by atoms with Crippen LogP contribution in [0.2, 0.25) is 0 Å². The summed E-state index contributed by atoms with van der Waals surface area (Å²) in [6, 6.07) is 0. The van der Waals surface area contributed by atoms with Crippen LogP contribution in [0.15, 0.2) is 23.9 Å². The quantitative estimate of drug-likeness (QED) is 0.324. The monoisotopic (exact) mass is 335 g/mol. The summed E-state index contributed by atoms with van der Waals surface area (Å²) in [7, 11) is 0. The Morgan fingerprint density at radius 1 is 1.08 bits per heavy atom. The highest BCUT2D eigenvalue weighted by Gasteiger charge is 2.45. The zero-order valence-corrected chi connectivity index (χ0v) is 16.4. The zero-order valence-electron chi connectivity index (χ0n) is 16.4. The van der Waals surface area contributed by atoms with Crippen molar-refractivity contribution in [2.45, 2.75) is 78.6 Å². The molecule has 1 rings (SSSR count). The van der Waals surface area contributed by atoms with Gasteiger partial charge in [-0.2, -0.15) is 0 Å². The van der Waals surface area contributed by atoms with Crippen LogP contribution in [0.4, 0.5) is 0 Å². The molecule has 0 aromatic rings. The molecule has 2 atom stereocenters. The fourth-order valence-corrected chi connectivity index (χ4v) is 3.66. The molecule has 24 heavy (non-hydrogen) atoms. The van der Waals surface area contributed by atoms with E-state index in [4.69, 9.17) is 11.5 Å². The van der Waals surface area contributed by atoms with Crippen LogP contribution in [0, 0.1) is 10.8 Å². The molecule has 0 aliphatic carbocycles. The summed E-state index contributed by atoms with van der Waals surface area (Å²) in [5.74, 6) is 0. The van der Waals surface area contributed by atoms with Crippen LogP contribution in [0.3, 0.4) is 0 Å². The van der Waals surface area contributed by atoms with Gasteiger partial charge in [-0.3, -0.25) is 0 Å². The van der Waals surface area contributed by atoms with Gasteiger partial charge in [0, 0.05) is 24.2 Å². The van der Waals surface area contributed by atoms with Crippen molar-refractivity contribution in [1.82, 2.24) is 5.32 Å². The summed E-state index contributed by atoms with van der Waals surface area (Å²) in [4.78, 5) is 0. The van der Waals surface area contributed by atoms with Gasteiger partial charge in [-0.15, -0.1) is 0 Å². The molecule has 3 nitrogen and oxygen atoms in total. The van der Waals surface area contributed by atoms with E-state index in [2.05, 4.69) is 44.3 Å². The lowest BCUT2D eigenvalue weighted by Gasteiger charge is -2.48. The molecule has 0 fully saturated rings. The first-order valence-electron chi connectivity index (χ1n) is 10.1. The van der Waals surface area contributed by atoms with Gasteiger partial charge in [-0.1, -0.05) is 65.0 Å². The number of unbranched alkanes of at least 4 members (excludes halogenated alkanes) is 6. The van der Waals surface area contributed by atoms with Crippen molar-refractivity contribution >= 4 is 0 Å². The first-order valence-corrected chi connectivity index (χ1v) is 10.1. The number of hydrogen-bond donors (Lipinski definition) is 3. The number of rotatable bonds is 14. The van der Waals surface area contributed by atoms with Crippen LogP contribution in [0.25, 0.3) is 0 Å². The van der Waals surface area contributed by atoms with Crippen LogP contribution in [0.5, 0.6) is 0 Å². The number of nitrogens with one attached hydrogen (secondary N) is 1. The van der Waals surface area contributed by atoms with E-state index in [1.165, 1.54) is 44.2 Å². The zero-order chi connectivity index (χ0) is 17.9. The Balaban J connectivity index is 2.70. The Labute approximate surface area is 150 Å². The van der Waals surface area contributed by atoms with Gasteiger partial charge >= 0.3 is 0 Å². The minimum Gasteiger partial charge on any atom is -0.384 e. The topological polar surface area (TPSA) is 64.1 Å². The van der Waals surface area contributed by atoms with Crippen molar-refractivity contribution in [2.75, 3.05) is 19.6 Å². The standard InChI is InChI=1S/C21H41N3/c1-4-5-6-7-8-9-10-14-20(2,15-11-12-16-22)21(3,18-23)19-13-17-24-19/h10,13-14,24H,4-9,11-12,15-18,22-23H2,1-3H3/b14-10-. The summed E-state index contributed by atoms with van der Waals surface area (Å²) < 4.78 is 0. The molecule has 0 saturated heterocycles. The van der Waals surface area contributed by atoms with Gasteiger partial charge in [-0.05, 0) is 43.7 Å². The molecule has 1 heterocycles. The maximum atomic E-state index is 6.25. The molecule has 0 amide bonds. The van der Waals surface area contributed by atoms with Gasteiger partial charge in [-0.25, -0.2) is 0 Å². The maximum absolute atomic E-state index is 6.25.